The van der Waals surface area contributed by atoms with Crippen molar-refractivity contribution in [1.29, 1.82) is 0 Å². The van der Waals surface area contributed by atoms with E-state index in [-0.39, 0.29) is 16.9 Å². The van der Waals surface area contributed by atoms with Gasteiger partial charge in [0.1, 0.15) is 5.75 Å². The highest BCUT2D eigenvalue weighted by Crippen LogP contribution is 2.14. The van der Waals surface area contributed by atoms with Crippen LogP contribution in [0.15, 0.2) is 18.2 Å². The van der Waals surface area contributed by atoms with Crippen LogP contribution in [0.5, 0.6) is 5.75 Å². The zero-order valence-corrected chi connectivity index (χ0v) is 9.65. The van der Waals surface area contributed by atoms with Gasteiger partial charge in [-0.2, -0.15) is 0 Å². The van der Waals surface area contributed by atoms with Crippen LogP contribution in [-0.2, 0) is 10.0 Å². The molecule has 0 saturated carbocycles. The molecule has 3 N–H and O–H groups in total. The smallest absolute Gasteiger partial charge is 0.492 e. The van der Waals surface area contributed by atoms with Crippen LogP contribution in [-0.4, -0.2) is 38.9 Å². The first-order chi connectivity index (χ1) is 7.33. The Morgan fingerprint density at radius 2 is 2.00 bits per heavy atom. The number of hydrogen-bond donors (Lipinski definition) is 3. The van der Waals surface area contributed by atoms with Crippen LogP contribution in [0, 0.1) is 0 Å². The van der Waals surface area contributed by atoms with Crippen molar-refractivity contribution in [3.05, 3.63) is 18.2 Å². The van der Waals surface area contributed by atoms with Gasteiger partial charge in [0.15, 0.2) is 0 Å². The number of benzene rings is 1. The lowest BCUT2D eigenvalue weighted by Gasteiger charge is -2.10. The number of sulfonamides is 1. The van der Waals surface area contributed by atoms with Crippen LogP contribution >= 0.6 is 0 Å². The summed E-state index contributed by atoms with van der Waals surface area (Å²) in [5.74, 6) is 0.272. The first-order valence-electron chi connectivity index (χ1n) is 4.35. The molecule has 0 aliphatic heterocycles. The van der Waals surface area contributed by atoms with E-state index in [1.54, 1.807) is 0 Å². The van der Waals surface area contributed by atoms with Crippen LogP contribution in [0.3, 0.4) is 0 Å². The van der Waals surface area contributed by atoms with Crippen LogP contribution < -0.4 is 14.9 Å². The number of ether oxygens (including phenoxy) is 1. The van der Waals surface area contributed by atoms with Gasteiger partial charge in [-0.05, 0) is 18.2 Å². The molecule has 0 bridgehead atoms. The van der Waals surface area contributed by atoms with Gasteiger partial charge in [-0.3, -0.25) is 4.72 Å². The average Bonchev–Trinajstić information content (AvgIpc) is 2.15. The molecule has 1 aromatic rings. The van der Waals surface area contributed by atoms with Crippen molar-refractivity contribution in [3.8, 4) is 5.75 Å². The van der Waals surface area contributed by atoms with Crippen LogP contribution in [0.1, 0.15) is 0 Å². The molecule has 0 atom stereocenters. The number of methoxy groups -OCH3 is 1. The molecule has 0 aromatic heterocycles. The minimum Gasteiger partial charge on any atom is -0.497 e. The molecule has 0 radical (unpaired) electrons. The summed E-state index contributed by atoms with van der Waals surface area (Å²) in [5, 5.41) is 18.1. The molecule has 0 amide bonds. The van der Waals surface area contributed by atoms with Gasteiger partial charge in [0, 0.05) is 11.2 Å². The summed E-state index contributed by atoms with van der Waals surface area (Å²) in [6, 6.07) is 4.21. The second-order valence-electron chi connectivity index (χ2n) is 3.20. The second kappa shape index (κ2) is 4.73. The third-order valence-corrected chi connectivity index (χ3v) is 2.42. The Morgan fingerprint density at radius 1 is 1.38 bits per heavy atom. The van der Waals surface area contributed by atoms with Crippen molar-refractivity contribution in [1.82, 2.24) is 0 Å². The van der Waals surface area contributed by atoms with E-state index in [4.69, 9.17) is 14.8 Å². The standard InChI is InChI=1S/C8H12BNO5S/c1-15-8-4-3-6(10-16(2,13)14)5-7(8)9(11)12/h3-5,10-12H,1-2H3. The largest absolute Gasteiger partial charge is 0.497 e. The molecule has 0 fully saturated rings. The van der Waals surface area contributed by atoms with E-state index in [0.29, 0.717) is 0 Å². The van der Waals surface area contributed by atoms with Crippen molar-refractivity contribution >= 4 is 28.3 Å². The number of hydrogen-bond acceptors (Lipinski definition) is 5. The summed E-state index contributed by atoms with van der Waals surface area (Å²) in [7, 11) is -3.74. The Morgan fingerprint density at radius 3 is 2.44 bits per heavy atom. The second-order valence-corrected chi connectivity index (χ2v) is 4.95. The lowest BCUT2D eigenvalue weighted by atomic mass is 9.79. The van der Waals surface area contributed by atoms with Gasteiger partial charge in [0.2, 0.25) is 10.0 Å². The van der Waals surface area contributed by atoms with E-state index < -0.39 is 17.1 Å². The van der Waals surface area contributed by atoms with E-state index in [1.165, 1.54) is 25.3 Å². The lowest BCUT2D eigenvalue weighted by molar-refractivity contribution is 0.403. The Balaban J connectivity index is 3.12. The van der Waals surface area contributed by atoms with Gasteiger partial charge in [0.25, 0.3) is 0 Å². The maximum Gasteiger partial charge on any atom is 0.492 e. The lowest BCUT2D eigenvalue weighted by Crippen LogP contribution is -2.31. The van der Waals surface area contributed by atoms with E-state index in [1.807, 2.05) is 0 Å². The van der Waals surface area contributed by atoms with Crippen molar-refractivity contribution in [2.45, 2.75) is 0 Å². The SMILES string of the molecule is COc1ccc(NS(C)(=O)=O)cc1B(O)O. The molecule has 1 aromatic carbocycles. The highest BCUT2D eigenvalue weighted by Gasteiger charge is 2.18. The van der Waals surface area contributed by atoms with Gasteiger partial charge in [-0.1, -0.05) is 0 Å². The summed E-state index contributed by atoms with van der Waals surface area (Å²) in [4.78, 5) is 0. The van der Waals surface area contributed by atoms with Crippen molar-refractivity contribution in [3.63, 3.8) is 0 Å². The molecule has 88 valence electrons. The minimum absolute atomic E-state index is 0.0937. The molecular formula is C8H12BNO5S. The molecule has 16 heavy (non-hydrogen) atoms. The molecule has 0 spiro atoms. The minimum atomic E-state index is -3.39. The predicted molar refractivity (Wildman–Crippen MR) is 61.3 cm³/mol. The fraction of sp³-hybridized carbons (Fsp3) is 0.250. The summed E-state index contributed by atoms with van der Waals surface area (Å²) in [6.45, 7) is 0. The normalized spacial score (nSPS) is 11.0. The van der Waals surface area contributed by atoms with Crippen LogP contribution in [0.2, 0.25) is 0 Å². The van der Waals surface area contributed by atoms with Gasteiger partial charge < -0.3 is 14.8 Å². The number of rotatable bonds is 4. The van der Waals surface area contributed by atoms with E-state index in [2.05, 4.69) is 4.72 Å². The number of nitrogens with one attached hydrogen (secondary N) is 1. The van der Waals surface area contributed by atoms with E-state index in [9.17, 15) is 8.42 Å². The molecule has 6 nitrogen and oxygen atoms in total. The van der Waals surface area contributed by atoms with Crippen molar-refractivity contribution in [2.75, 3.05) is 18.1 Å². The van der Waals surface area contributed by atoms with Crippen LogP contribution in [0.4, 0.5) is 5.69 Å². The topological polar surface area (TPSA) is 95.9 Å². The van der Waals surface area contributed by atoms with Gasteiger partial charge in [-0.25, -0.2) is 8.42 Å². The first-order valence-corrected chi connectivity index (χ1v) is 6.24. The summed E-state index contributed by atoms with van der Waals surface area (Å²) < 4.78 is 29.1. The maximum atomic E-state index is 11.0. The van der Waals surface area contributed by atoms with Gasteiger partial charge >= 0.3 is 7.12 Å². The Labute approximate surface area is 94.1 Å². The van der Waals surface area contributed by atoms with Crippen LogP contribution in [0.25, 0.3) is 0 Å². The Bertz CT molecular complexity index is 473. The van der Waals surface area contributed by atoms with E-state index in [0.717, 1.165) is 6.26 Å². The molecule has 0 aliphatic carbocycles. The number of anilines is 1. The molecule has 0 saturated heterocycles. The Hall–Kier alpha value is -1.25. The molecule has 8 heteroatoms. The third-order valence-electron chi connectivity index (χ3n) is 1.81. The van der Waals surface area contributed by atoms with Crippen molar-refractivity contribution in [2.24, 2.45) is 0 Å². The molecule has 0 aliphatic rings. The van der Waals surface area contributed by atoms with Crippen molar-refractivity contribution < 1.29 is 23.2 Å². The Kier molecular flexibility index (Phi) is 3.79. The summed E-state index contributed by atoms with van der Waals surface area (Å²) >= 11 is 0. The highest BCUT2D eigenvalue weighted by molar-refractivity contribution is 7.92. The van der Waals surface area contributed by atoms with E-state index >= 15 is 0 Å². The third kappa shape index (κ3) is 3.40. The summed E-state index contributed by atoms with van der Waals surface area (Å²) in [5.41, 5.74) is 0.336. The average molecular weight is 245 g/mol. The maximum absolute atomic E-state index is 11.0. The zero-order valence-electron chi connectivity index (χ0n) is 8.84. The fourth-order valence-electron chi connectivity index (χ4n) is 1.21. The molecule has 0 heterocycles. The summed E-state index contributed by atoms with van der Waals surface area (Å²) in [6.07, 6.45) is 1.01. The fourth-order valence-corrected chi connectivity index (χ4v) is 1.77. The predicted octanol–water partition coefficient (Wildman–Crippen LogP) is -1.25. The van der Waals surface area contributed by atoms with Gasteiger partial charge in [0.05, 0.1) is 13.4 Å². The monoisotopic (exact) mass is 245 g/mol. The highest BCUT2D eigenvalue weighted by atomic mass is 32.2. The quantitative estimate of drug-likeness (QED) is 0.576. The molecular weight excluding hydrogens is 233 g/mol. The molecule has 1 rings (SSSR count). The van der Waals surface area contributed by atoms with Gasteiger partial charge in [-0.15, -0.1) is 0 Å². The zero-order chi connectivity index (χ0) is 12.3. The molecule has 0 unspecified atom stereocenters. The first kappa shape index (κ1) is 12.8.